The van der Waals surface area contributed by atoms with Crippen molar-refractivity contribution in [1.29, 1.82) is 0 Å². The van der Waals surface area contributed by atoms with Crippen molar-refractivity contribution in [3.8, 4) is 0 Å². The fourth-order valence-electron chi connectivity index (χ4n) is 1.08. The molecule has 1 heterocycles. The Morgan fingerprint density at radius 1 is 1.77 bits per heavy atom. The Labute approximate surface area is 82.6 Å². The second kappa shape index (κ2) is 5.36. The van der Waals surface area contributed by atoms with Crippen LogP contribution in [-0.2, 0) is 9.63 Å². The molecule has 0 bridgehead atoms. The van der Waals surface area contributed by atoms with Crippen LogP contribution >= 0.6 is 12.4 Å². The molecule has 1 atom stereocenters. The lowest BCUT2D eigenvalue weighted by atomic mass is 10.1. The van der Waals surface area contributed by atoms with Crippen LogP contribution in [0.1, 0.15) is 13.3 Å². The molecular formula is C7H14ClFN2O2. The molecule has 0 saturated carbocycles. The monoisotopic (exact) mass is 212 g/mol. The van der Waals surface area contributed by atoms with Crippen LogP contribution in [0, 0.1) is 0 Å². The molecule has 0 aromatic heterocycles. The minimum absolute atomic E-state index is 0. The summed E-state index contributed by atoms with van der Waals surface area (Å²) in [7, 11) is 0. The number of hydrogen-bond acceptors (Lipinski definition) is 3. The van der Waals surface area contributed by atoms with Gasteiger partial charge in [-0.1, -0.05) is 0 Å². The summed E-state index contributed by atoms with van der Waals surface area (Å²) in [4.78, 5) is 15.7. The quantitative estimate of drug-likeness (QED) is 0.657. The molecule has 6 heteroatoms. The first kappa shape index (κ1) is 12.6. The molecule has 1 saturated heterocycles. The largest absolute Gasteiger partial charge is 0.313 e. The number of alkyl halides is 1. The third-order valence-electron chi connectivity index (χ3n) is 1.82. The number of amides is 1. The molecule has 1 unspecified atom stereocenters. The molecule has 0 aliphatic carbocycles. The lowest BCUT2D eigenvalue weighted by molar-refractivity contribution is -0.144. The first-order valence-electron chi connectivity index (χ1n) is 4.01. The van der Waals surface area contributed by atoms with Gasteiger partial charge >= 0.3 is 0 Å². The molecule has 1 fully saturated rings. The summed E-state index contributed by atoms with van der Waals surface area (Å²) in [6, 6.07) is 0. The minimum Gasteiger partial charge on any atom is -0.313 e. The van der Waals surface area contributed by atoms with E-state index in [0.29, 0.717) is 13.2 Å². The highest BCUT2D eigenvalue weighted by Crippen LogP contribution is 2.19. The number of carbonyl (C=O) groups excluding carboxylic acids is 1. The third-order valence-corrected chi connectivity index (χ3v) is 1.82. The first-order valence-corrected chi connectivity index (χ1v) is 4.01. The second-order valence-corrected chi connectivity index (χ2v) is 2.76. The summed E-state index contributed by atoms with van der Waals surface area (Å²) < 4.78 is 13.5. The van der Waals surface area contributed by atoms with Crippen LogP contribution in [0.3, 0.4) is 0 Å². The summed E-state index contributed by atoms with van der Waals surface area (Å²) in [6.45, 7) is 2.68. The van der Waals surface area contributed by atoms with Crippen molar-refractivity contribution in [1.82, 2.24) is 10.8 Å². The predicted octanol–water partition coefficient (Wildman–Crippen LogP) is 0.178. The van der Waals surface area contributed by atoms with Crippen molar-refractivity contribution in [3.05, 3.63) is 0 Å². The maximum Gasteiger partial charge on any atom is 0.282 e. The number of halogens is 2. The van der Waals surface area contributed by atoms with Gasteiger partial charge in [0.15, 0.2) is 0 Å². The standard InChI is InChI=1S/C7H13FN2O2.ClH/c1-2-12-10-6(11)7(8)3-4-9-5-7;/h9H,2-5H2,1H3,(H,10,11);1H. The average molecular weight is 213 g/mol. The van der Waals surface area contributed by atoms with Gasteiger partial charge in [0.25, 0.3) is 5.91 Å². The van der Waals surface area contributed by atoms with E-state index in [9.17, 15) is 9.18 Å². The molecule has 4 nitrogen and oxygen atoms in total. The van der Waals surface area contributed by atoms with E-state index in [4.69, 9.17) is 0 Å². The van der Waals surface area contributed by atoms with Crippen LogP contribution in [-0.4, -0.2) is 31.3 Å². The lowest BCUT2D eigenvalue weighted by Gasteiger charge is -2.16. The Hall–Kier alpha value is -0.390. The van der Waals surface area contributed by atoms with Gasteiger partial charge in [0.05, 0.1) is 6.61 Å². The van der Waals surface area contributed by atoms with Gasteiger partial charge in [-0.15, -0.1) is 12.4 Å². The average Bonchev–Trinajstić information content (AvgIpc) is 2.49. The molecule has 1 aliphatic rings. The Morgan fingerprint density at radius 2 is 2.46 bits per heavy atom. The van der Waals surface area contributed by atoms with Crippen molar-refractivity contribution < 1.29 is 14.0 Å². The van der Waals surface area contributed by atoms with Crippen LogP contribution in [0.25, 0.3) is 0 Å². The number of hydroxylamine groups is 1. The highest BCUT2D eigenvalue weighted by Gasteiger charge is 2.41. The zero-order valence-corrected chi connectivity index (χ0v) is 8.25. The van der Waals surface area contributed by atoms with E-state index in [1.165, 1.54) is 0 Å². The Bertz CT molecular complexity index is 174. The van der Waals surface area contributed by atoms with Crippen molar-refractivity contribution in [2.75, 3.05) is 19.7 Å². The van der Waals surface area contributed by atoms with Gasteiger partial charge in [0, 0.05) is 13.0 Å². The summed E-state index contributed by atoms with van der Waals surface area (Å²) >= 11 is 0. The molecule has 2 N–H and O–H groups in total. The number of carbonyl (C=O) groups is 1. The maximum atomic E-state index is 13.5. The van der Waals surface area contributed by atoms with Crippen LogP contribution < -0.4 is 10.8 Å². The van der Waals surface area contributed by atoms with E-state index >= 15 is 0 Å². The molecule has 1 aliphatic heterocycles. The van der Waals surface area contributed by atoms with Crippen LogP contribution in [0.15, 0.2) is 0 Å². The summed E-state index contributed by atoms with van der Waals surface area (Å²) in [5, 5.41) is 2.78. The summed E-state index contributed by atoms with van der Waals surface area (Å²) in [5.74, 6) is -0.686. The zero-order valence-electron chi connectivity index (χ0n) is 7.43. The molecular weight excluding hydrogens is 199 g/mol. The number of nitrogens with one attached hydrogen (secondary N) is 2. The van der Waals surface area contributed by atoms with Crippen LogP contribution in [0.2, 0.25) is 0 Å². The second-order valence-electron chi connectivity index (χ2n) is 2.76. The van der Waals surface area contributed by atoms with Gasteiger partial charge in [0.2, 0.25) is 5.67 Å². The van der Waals surface area contributed by atoms with Gasteiger partial charge < -0.3 is 5.32 Å². The van der Waals surface area contributed by atoms with E-state index in [1.54, 1.807) is 6.92 Å². The van der Waals surface area contributed by atoms with Crippen LogP contribution in [0.4, 0.5) is 4.39 Å². The molecule has 0 spiro atoms. The molecule has 0 radical (unpaired) electrons. The smallest absolute Gasteiger partial charge is 0.282 e. The normalized spacial score (nSPS) is 26.6. The summed E-state index contributed by atoms with van der Waals surface area (Å²) in [6.07, 6.45) is 0.214. The van der Waals surface area contributed by atoms with Gasteiger partial charge in [-0.3, -0.25) is 9.63 Å². The van der Waals surface area contributed by atoms with E-state index < -0.39 is 11.6 Å². The molecule has 1 amide bonds. The highest BCUT2D eigenvalue weighted by molar-refractivity contribution is 5.85. The third kappa shape index (κ3) is 3.10. The SMILES string of the molecule is CCONC(=O)C1(F)CCNC1.Cl. The molecule has 1 rings (SSSR count). The van der Waals surface area contributed by atoms with E-state index in [-0.39, 0.29) is 25.4 Å². The van der Waals surface area contributed by atoms with Crippen molar-refractivity contribution >= 4 is 18.3 Å². The number of hydrogen-bond donors (Lipinski definition) is 2. The van der Waals surface area contributed by atoms with Crippen molar-refractivity contribution in [3.63, 3.8) is 0 Å². The molecule has 13 heavy (non-hydrogen) atoms. The minimum atomic E-state index is -1.78. The molecule has 0 aromatic rings. The topological polar surface area (TPSA) is 50.4 Å². The zero-order chi connectivity index (χ0) is 9.03. The van der Waals surface area contributed by atoms with Gasteiger partial charge in [-0.25, -0.2) is 9.87 Å². The van der Waals surface area contributed by atoms with E-state index in [1.807, 2.05) is 0 Å². The van der Waals surface area contributed by atoms with Crippen molar-refractivity contribution in [2.45, 2.75) is 19.0 Å². The van der Waals surface area contributed by atoms with Gasteiger partial charge in [0.1, 0.15) is 0 Å². The molecule has 78 valence electrons. The van der Waals surface area contributed by atoms with E-state index in [2.05, 4.69) is 15.6 Å². The fraction of sp³-hybridized carbons (Fsp3) is 0.857. The van der Waals surface area contributed by atoms with Crippen LogP contribution in [0.5, 0.6) is 0 Å². The highest BCUT2D eigenvalue weighted by atomic mass is 35.5. The summed E-state index contributed by atoms with van der Waals surface area (Å²) in [5.41, 5.74) is 0.278. The molecule has 0 aromatic carbocycles. The first-order chi connectivity index (χ1) is 5.69. The van der Waals surface area contributed by atoms with Gasteiger partial charge in [-0.05, 0) is 13.5 Å². The number of rotatable bonds is 3. The fourth-order valence-corrected chi connectivity index (χ4v) is 1.08. The van der Waals surface area contributed by atoms with Crippen molar-refractivity contribution in [2.24, 2.45) is 0 Å². The van der Waals surface area contributed by atoms with E-state index in [0.717, 1.165) is 0 Å². The predicted molar refractivity (Wildman–Crippen MR) is 48.3 cm³/mol. The van der Waals surface area contributed by atoms with Gasteiger partial charge in [-0.2, -0.15) is 0 Å². The maximum absolute atomic E-state index is 13.5. The Balaban J connectivity index is 0.00000144. The lowest BCUT2D eigenvalue weighted by Crippen LogP contribution is -2.44. The Kier molecular flexibility index (Phi) is 5.20. The Morgan fingerprint density at radius 3 is 2.92 bits per heavy atom.